The molecule has 15 nitrogen and oxygen atoms in total. The average Bonchev–Trinajstić information content (AvgIpc) is 3.64. The molecule has 0 saturated carbocycles. The van der Waals surface area contributed by atoms with Crippen LogP contribution < -0.4 is 22.1 Å². The largest absolute Gasteiger partial charge is 0.484 e. The first kappa shape index (κ1) is 50.4. The van der Waals surface area contributed by atoms with Crippen LogP contribution in [0.25, 0.3) is 0 Å². The van der Waals surface area contributed by atoms with E-state index in [9.17, 15) is 28.4 Å². The van der Waals surface area contributed by atoms with E-state index in [0.717, 1.165) is 38.5 Å². The molecule has 2 heterocycles. The number of unbranched alkanes of at least 4 members (excludes halogenated alkanes) is 16. The van der Waals surface area contributed by atoms with Crippen molar-refractivity contribution < 1.29 is 46.2 Å². The monoisotopic (exact) mass is 843 g/mol. The first-order valence-corrected chi connectivity index (χ1v) is 23.4. The molecule has 17 heteroatoms. The number of phosphoric ester groups is 2. The number of ether oxygens (including phenoxy) is 2. The molecule has 57 heavy (non-hydrogen) atoms. The number of hydrogen-bond acceptors (Lipinski definition) is 12. The Kier molecular flexibility index (Phi) is 24.7. The molecule has 1 aliphatic rings. The second kappa shape index (κ2) is 27.9. The van der Waals surface area contributed by atoms with Crippen molar-refractivity contribution in [1.29, 1.82) is 0 Å². The van der Waals surface area contributed by atoms with Gasteiger partial charge in [0.2, 0.25) is 0 Å². The number of H-pyrrole nitrogens is 1. The Hall–Kier alpha value is -2.71. The lowest BCUT2D eigenvalue weighted by Gasteiger charge is -2.22. The lowest BCUT2D eigenvalue weighted by molar-refractivity contribution is -0.134. The van der Waals surface area contributed by atoms with Crippen LogP contribution in [0.15, 0.2) is 52.2 Å². The minimum atomic E-state index is -5.03. The number of rotatable bonds is 31. The van der Waals surface area contributed by atoms with Gasteiger partial charge < -0.3 is 20.5 Å². The third kappa shape index (κ3) is 20.7. The maximum Gasteiger partial charge on any atom is 0.484 e. The molecule has 4 atom stereocenters. The highest BCUT2D eigenvalue weighted by Gasteiger charge is 2.39. The highest BCUT2D eigenvalue weighted by atomic mass is 31.3. The van der Waals surface area contributed by atoms with Crippen molar-refractivity contribution in [3.8, 4) is 5.75 Å². The first-order chi connectivity index (χ1) is 26.9. The van der Waals surface area contributed by atoms with Crippen LogP contribution in [0, 0.1) is 6.92 Å². The number of carbonyl (C=O) groups is 1. The molecule has 0 fully saturated rings. The topological polar surface area (TPSA) is 217 Å². The van der Waals surface area contributed by atoms with E-state index in [2.05, 4.69) is 11.9 Å². The zero-order valence-corrected chi connectivity index (χ0v) is 36.0. The molecule has 2 aromatic rings. The van der Waals surface area contributed by atoms with Crippen molar-refractivity contribution in [2.45, 2.75) is 162 Å². The fourth-order valence-corrected chi connectivity index (χ4v) is 8.70. The standard InChI is InChI=1S/C40H64N2O12P2.H3N/c1-4-6-8-9-10-11-12-13-14-15-16-17-18-19-20-21-29-49-56(48,51-31-34-23-25-35(26-24-34)53-38(43)22-7-5-2)54-55(46,47)50-32-36-27-28-37(52-36)42-30-33(3)39(44)41-40(42)45;/h23-28,30,36-37H,4-22,29,31-32H2,1-3H3,(H,46,47)(H,41,44,45);1H3/t36-,37+,56?;/m0./s1. The minimum Gasteiger partial charge on any atom is -0.427 e. The SMILES string of the molecule is CCCCCCCCCCCCCCCCCCOP(=O)(OCc1ccc(OC(=O)CCCC)cc1)OP(=O)(O)OC[C@@H]1C=C[C@H](n2cc(C)c(=O)[nH]c2=O)O1.N. The van der Waals surface area contributed by atoms with Gasteiger partial charge in [-0.05, 0) is 43.5 Å². The summed E-state index contributed by atoms with van der Waals surface area (Å²) in [5, 5.41) is 0. The van der Waals surface area contributed by atoms with E-state index in [1.165, 1.54) is 100 Å². The van der Waals surface area contributed by atoms with E-state index in [-0.39, 0.29) is 25.3 Å². The van der Waals surface area contributed by atoms with Gasteiger partial charge in [0, 0.05) is 18.2 Å². The Morgan fingerprint density at radius 3 is 1.93 bits per heavy atom. The number of aryl methyl sites for hydroxylation is 1. The third-order valence-electron chi connectivity index (χ3n) is 9.36. The molecule has 0 bridgehead atoms. The van der Waals surface area contributed by atoms with Gasteiger partial charge in [-0.25, -0.2) is 13.9 Å². The van der Waals surface area contributed by atoms with Crippen molar-refractivity contribution in [2.24, 2.45) is 0 Å². The summed E-state index contributed by atoms with van der Waals surface area (Å²) in [6, 6.07) is 6.34. The minimum absolute atomic E-state index is 0. The summed E-state index contributed by atoms with van der Waals surface area (Å²) < 4.78 is 60.2. The Balaban J connectivity index is 0.0000112. The molecule has 2 unspecified atom stereocenters. The Morgan fingerprint density at radius 2 is 1.35 bits per heavy atom. The fraction of sp³-hybridized carbons (Fsp3) is 0.675. The van der Waals surface area contributed by atoms with Gasteiger partial charge in [-0.15, -0.1) is 0 Å². The van der Waals surface area contributed by atoms with E-state index >= 15 is 0 Å². The fourth-order valence-electron chi connectivity index (χ4n) is 6.06. The summed E-state index contributed by atoms with van der Waals surface area (Å²) in [6.45, 7) is 4.94. The molecular formula is C40H67N3O12P2. The second-order valence-electron chi connectivity index (χ2n) is 14.4. The highest BCUT2D eigenvalue weighted by Crippen LogP contribution is 2.64. The van der Waals surface area contributed by atoms with Gasteiger partial charge in [0.15, 0.2) is 6.23 Å². The molecule has 0 radical (unpaired) electrons. The highest BCUT2D eigenvalue weighted by molar-refractivity contribution is 7.61. The van der Waals surface area contributed by atoms with Crippen molar-refractivity contribution >= 4 is 21.6 Å². The molecule has 0 aliphatic carbocycles. The maximum atomic E-state index is 13.7. The molecule has 5 N–H and O–H groups in total. The molecular weight excluding hydrogens is 776 g/mol. The number of carbonyl (C=O) groups excluding carboxylic acids is 1. The van der Waals surface area contributed by atoms with Crippen LogP contribution in [0.2, 0.25) is 0 Å². The summed E-state index contributed by atoms with van der Waals surface area (Å²) in [5.41, 5.74) is -0.387. The van der Waals surface area contributed by atoms with E-state index in [0.29, 0.717) is 29.7 Å². The summed E-state index contributed by atoms with van der Waals surface area (Å²) in [5.74, 6) is -0.00219. The zero-order valence-electron chi connectivity index (χ0n) is 34.2. The average molecular weight is 844 g/mol. The van der Waals surface area contributed by atoms with E-state index in [4.69, 9.17) is 27.4 Å². The maximum absolute atomic E-state index is 13.7. The molecule has 0 spiro atoms. The molecule has 0 amide bonds. The van der Waals surface area contributed by atoms with Gasteiger partial charge >= 0.3 is 27.3 Å². The Morgan fingerprint density at radius 1 is 0.789 bits per heavy atom. The summed E-state index contributed by atoms with van der Waals surface area (Å²) in [6.07, 6.45) is 23.6. The quantitative estimate of drug-likeness (QED) is 0.0212. The number of aromatic nitrogens is 2. The zero-order chi connectivity index (χ0) is 40.7. The first-order valence-electron chi connectivity index (χ1n) is 20.5. The van der Waals surface area contributed by atoms with E-state index in [1.807, 2.05) is 6.92 Å². The van der Waals surface area contributed by atoms with Gasteiger partial charge in [-0.1, -0.05) is 135 Å². The van der Waals surface area contributed by atoms with Crippen LogP contribution in [0.3, 0.4) is 0 Å². The number of aromatic amines is 1. The van der Waals surface area contributed by atoms with Crippen LogP contribution in [0.4, 0.5) is 0 Å². The van der Waals surface area contributed by atoms with Crippen LogP contribution in [0.5, 0.6) is 5.75 Å². The van der Waals surface area contributed by atoms with Gasteiger partial charge in [0.1, 0.15) is 11.9 Å². The molecule has 3 rings (SSSR count). The van der Waals surface area contributed by atoms with Crippen molar-refractivity contribution in [3.05, 3.63) is 74.6 Å². The molecule has 1 aromatic heterocycles. The number of nitrogens with one attached hydrogen (secondary N) is 1. The number of hydrogen-bond donors (Lipinski definition) is 3. The second-order valence-corrected chi connectivity index (χ2v) is 17.6. The normalized spacial score (nSPS) is 17.2. The lowest BCUT2D eigenvalue weighted by atomic mass is 10.0. The molecule has 0 saturated heterocycles. The molecule has 1 aliphatic heterocycles. The van der Waals surface area contributed by atoms with Gasteiger partial charge in [-0.3, -0.25) is 32.7 Å². The van der Waals surface area contributed by atoms with Crippen LogP contribution in [-0.2, 0) is 43.2 Å². The van der Waals surface area contributed by atoms with Gasteiger partial charge in [-0.2, -0.15) is 4.31 Å². The number of benzene rings is 1. The number of nitrogens with zero attached hydrogens (tertiary/aromatic N) is 1. The predicted octanol–water partition coefficient (Wildman–Crippen LogP) is 10.3. The van der Waals surface area contributed by atoms with Crippen molar-refractivity contribution in [2.75, 3.05) is 13.2 Å². The van der Waals surface area contributed by atoms with Gasteiger partial charge in [0.25, 0.3) is 5.56 Å². The molecule has 324 valence electrons. The smallest absolute Gasteiger partial charge is 0.427 e. The lowest BCUT2D eigenvalue weighted by Crippen LogP contribution is -2.33. The number of phosphoric acid groups is 2. The van der Waals surface area contributed by atoms with E-state index < -0.39 is 45.8 Å². The summed E-state index contributed by atoms with van der Waals surface area (Å²) in [4.78, 5) is 48.8. The summed E-state index contributed by atoms with van der Waals surface area (Å²) in [7, 11) is -9.67. The van der Waals surface area contributed by atoms with Crippen molar-refractivity contribution in [1.82, 2.24) is 15.7 Å². The Labute approximate surface area is 338 Å². The van der Waals surface area contributed by atoms with Crippen LogP contribution in [0.1, 0.15) is 153 Å². The number of esters is 1. The molecule has 1 aromatic carbocycles. The predicted molar refractivity (Wildman–Crippen MR) is 220 cm³/mol. The van der Waals surface area contributed by atoms with Gasteiger partial charge in [0.05, 0.1) is 19.8 Å². The van der Waals surface area contributed by atoms with Crippen LogP contribution in [-0.4, -0.2) is 39.7 Å². The van der Waals surface area contributed by atoms with E-state index in [1.54, 1.807) is 24.3 Å². The van der Waals surface area contributed by atoms with Crippen molar-refractivity contribution in [3.63, 3.8) is 0 Å². The van der Waals surface area contributed by atoms with Crippen LogP contribution >= 0.6 is 15.6 Å². The third-order valence-corrected chi connectivity index (χ3v) is 12.4. The Bertz CT molecular complexity index is 1680. The summed E-state index contributed by atoms with van der Waals surface area (Å²) >= 11 is 0.